The molecule has 2 atom stereocenters. The molecule has 1 saturated carbocycles. The Kier molecular flexibility index (Phi) is 6.57. The third-order valence-electron chi connectivity index (χ3n) is 7.93. The molecule has 0 aromatic carbocycles. The number of sulfonamides is 1. The molecule has 4 aliphatic rings. The standard InChI is InChI=1S/C26H31N5O6S/c27-38(34,35)23-4-3-17(10-28-23)25(32)30-12-19-14-31(15-20(19)13-30)26(33)18-9-22(16-1-2-16)24(29-11-18)37-21-5-7-36-8-6-21/h3-4,9-11,16,19-21H,1-2,5-8,12-15H2,(H2,27,34,35). The van der Waals surface area contributed by atoms with Gasteiger partial charge in [0.25, 0.3) is 21.8 Å². The van der Waals surface area contributed by atoms with Crippen molar-refractivity contribution in [1.29, 1.82) is 0 Å². The SMILES string of the molecule is NS(=O)(=O)c1ccc(C(=O)N2CC3CN(C(=O)c4cnc(OC5CCOCC5)c(C5CC5)c4)CC3C2)cn1. The van der Waals surface area contributed by atoms with Crippen LogP contribution >= 0.6 is 0 Å². The highest BCUT2D eigenvalue weighted by atomic mass is 32.2. The van der Waals surface area contributed by atoms with Crippen LogP contribution < -0.4 is 9.88 Å². The Morgan fingerprint density at radius 1 is 0.895 bits per heavy atom. The number of nitrogens with zero attached hydrogens (tertiary/aromatic N) is 4. The molecule has 2 N–H and O–H groups in total. The first kappa shape index (κ1) is 25.2. The number of primary sulfonamides is 1. The number of fused-ring (bicyclic) bond motifs is 1. The van der Waals surface area contributed by atoms with Crippen molar-refractivity contribution < 1.29 is 27.5 Å². The predicted molar refractivity (Wildman–Crippen MR) is 135 cm³/mol. The lowest BCUT2D eigenvalue weighted by atomic mass is 10.0. The van der Waals surface area contributed by atoms with Crippen molar-refractivity contribution in [2.24, 2.45) is 17.0 Å². The van der Waals surface area contributed by atoms with Crippen LogP contribution in [0.4, 0.5) is 0 Å². The molecular weight excluding hydrogens is 510 g/mol. The van der Waals surface area contributed by atoms with Crippen LogP contribution in [-0.4, -0.2) is 85.5 Å². The second kappa shape index (κ2) is 9.90. The van der Waals surface area contributed by atoms with Gasteiger partial charge in [-0.15, -0.1) is 0 Å². The minimum Gasteiger partial charge on any atom is -0.474 e. The number of likely N-dealkylation sites (tertiary alicyclic amines) is 2. The van der Waals surface area contributed by atoms with E-state index in [1.807, 2.05) is 11.0 Å². The summed E-state index contributed by atoms with van der Waals surface area (Å²) in [4.78, 5) is 38.4. The topological polar surface area (TPSA) is 145 Å². The molecule has 4 fully saturated rings. The Balaban J connectivity index is 1.09. The van der Waals surface area contributed by atoms with Crippen molar-refractivity contribution in [2.45, 2.75) is 42.7 Å². The molecule has 202 valence electrons. The third-order valence-corrected chi connectivity index (χ3v) is 8.75. The molecule has 3 aliphatic heterocycles. The Bertz CT molecular complexity index is 1330. The van der Waals surface area contributed by atoms with Crippen LogP contribution in [0.1, 0.15) is 57.9 Å². The first-order valence-corrected chi connectivity index (χ1v) is 14.6. The molecule has 38 heavy (non-hydrogen) atoms. The normalized spacial score (nSPS) is 23.9. The first-order chi connectivity index (χ1) is 18.3. The fourth-order valence-electron chi connectivity index (χ4n) is 5.69. The van der Waals surface area contributed by atoms with Crippen LogP contribution in [0.2, 0.25) is 0 Å². The van der Waals surface area contributed by atoms with E-state index in [9.17, 15) is 18.0 Å². The lowest BCUT2D eigenvalue weighted by Gasteiger charge is -2.24. The van der Waals surface area contributed by atoms with Gasteiger partial charge in [-0.25, -0.2) is 23.5 Å². The number of hydrogen-bond donors (Lipinski definition) is 1. The lowest BCUT2D eigenvalue weighted by molar-refractivity contribution is 0.0233. The molecule has 2 unspecified atom stereocenters. The van der Waals surface area contributed by atoms with Gasteiger partial charge in [0.1, 0.15) is 6.10 Å². The molecule has 11 nitrogen and oxygen atoms in total. The zero-order valence-electron chi connectivity index (χ0n) is 21.0. The van der Waals surface area contributed by atoms with E-state index in [-0.39, 0.29) is 34.8 Å². The van der Waals surface area contributed by atoms with Crippen molar-refractivity contribution >= 4 is 21.8 Å². The number of aromatic nitrogens is 2. The fourth-order valence-corrected chi connectivity index (χ4v) is 6.15. The molecule has 12 heteroatoms. The average molecular weight is 542 g/mol. The molecule has 2 amide bonds. The average Bonchev–Trinajstić information content (AvgIpc) is 3.57. The highest BCUT2D eigenvalue weighted by molar-refractivity contribution is 7.89. The molecule has 2 aromatic rings. The molecular formula is C26H31N5O6S. The van der Waals surface area contributed by atoms with E-state index in [1.165, 1.54) is 18.3 Å². The maximum atomic E-state index is 13.4. The summed E-state index contributed by atoms with van der Waals surface area (Å²) in [5.74, 6) is 1.18. The highest BCUT2D eigenvalue weighted by Gasteiger charge is 2.43. The van der Waals surface area contributed by atoms with Crippen LogP contribution in [0.3, 0.4) is 0 Å². The summed E-state index contributed by atoms with van der Waals surface area (Å²) in [6, 6.07) is 4.63. The van der Waals surface area contributed by atoms with E-state index in [1.54, 1.807) is 11.1 Å². The number of hydrogen-bond acceptors (Lipinski definition) is 8. The van der Waals surface area contributed by atoms with Crippen molar-refractivity contribution in [3.05, 3.63) is 47.3 Å². The van der Waals surface area contributed by atoms with Crippen LogP contribution in [-0.2, 0) is 14.8 Å². The predicted octanol–water partition coefficient (Wildman–Crippen LogP) is 1.40. The maximum Gasteiger partial charge on any atom is 0.255 e. The number of rotatable bonds is 6. The Morgan fingerprint density at radius 3 is 2.05 bits per heavy atom. The largest absolute Gasteiger partial charge is 0.474 e. The number of amides is 2. The fraction of sp³-hybridized carbons (Fsp3) is 0.538. The minimum absolute atomic E-state index is 0.0351. The molecule has 0 radical (unpaired) electrons. The van der Waals surface area contributed by atoms with Gasteiger partial charge in [0.05, 0.1) is 24.3 Å². The molecule has 0 spiro atoms. The van der Waals surface area contributed by atoms with Gasteiger partial charge in [-0.05, 0) is 37.0 Å². The summed E-state index contributed by atoms with van der Waals surface area (Å²) in [6.45, 7) is 3.62. The van der Waals surface area contributed by atoms with Crippen LogP contribution in [0.25, 0.3) is 0 Å². The van der Waals surface area contributed by atoms with E-state index in [4.69, 9.17) is 14.6 Å². The maximum absolute atomic E-state index is 13.4. The summed E-state index contributed by atoms with van der Waals surface area (Å²) in [5.41, 5.74) is 1.92. The van der Waals surface area contributed by atoms with Crippen LogP contribution in [0, 0.1) is 11.8 Å². The smallest absolute Gasteiger partial charge is 0.255 e. The van der Waals surface area contributed by atoms with Crippen molar-refractivity contribution in [3.63, 3.8) is 0 Å². The number of ether oxygens (including phenoxy) is 2. The van der Waals surface area contributed by atoms with Crippen molar-refractivity contribution in [2.75, 3.05) is 39.4 Å². The quantitative estimate of drug-likeness (QED) is 0.578. The molecule has 1 aliphatic carbocycles. The van der Waals surface area contributed by atoms with Gasteiger partial charge in [0.15, 0.2) is 5.03 Å². The summed E-state index contributed by atoms with van der Waals surface area (Å²) in [5, 5.41) is 4.81. The second-order valence-corrected chi connectivity index (χ2v) is 12.2. The summed E-state index contributed by atoms with van der Waals surface area (Å²) in [7, 11) is -3.92. The second-order valence-electron chi connectivity index (χ2n) is 10.7. The van der Waals surface area contributed by atoms with E-state index < -0.39 is 10.0 Å². The number of nitrogens with two attached hydrogens (primary N) is 1. The Morgan fingerprint density at radius 2 is 1.50 bits per heavy atom. The number of carbonyl (C=O) groups is 2. The summed E-state index contributed by atoms with van der Waals surface area (Å²) >= 11 is 0. The first-order valence-electron chi connectivity index (χ1n) is 13.1. The van der Waals surface area contributed by atoms with Gasteiger partial charge in [0, 0.05) is 68.8 Å². The molecule has 2 aromatic heterocycles. The molecule has 5 heterocycles. The zero-order chi connectivity index (χ0) is 26.4. The van der Waals surface area contributed by atoms with Gasteiger partial charge in [-0.1, -0.05) is 0 Å². The van der Waals surface area contributed by atoms with Gasteiger partial charge < -0.3 is 19.3 Å². The Hall–Kier alpha value is -3.09. The van der Waals surface area contributed by atoms with E-state index in [0.29, 0.717) is 62.3 Å². The third kappa shape index (κ3) is 5.12. The molecule has 3 saturated heterocycles. The van der Waals surface area contributed by atoms with Crippen molar-refractivity contribution in [3.8, 4) is 5.88 Å². The summed E-state index contributed by atoms with van der Waals surface area (Å²) < 4.78 is 34.5. The van der Waals surface area contributed by atoms with E-state index >= 15 is 0 Å². The summed E-state index contributed by atoms with van der Waals surface area (Å²) in [6.07, 6.45) is 6.83. The lowest BCUT2D eigenvalue weighted by Crippen LogP contribution is -2.35. The number of carbonyl (C=O) groups excluding carboxylic acids is 2. The Labute approximate surface area is 221 Å². The van der Waals surface area contributed by atoms with Crippen LogP contribution in [0.15, 0.2) is 35.6 Å². The van der Waals surface area contributed by atoms with E-state index in [0.717, 1.165) is 31.2 Å². The minimum atomic E-state index is -3.92. The van der Waals surface area contributed by atoms with Crippen LogP contribution in [0.5, 0.6) is 5.88 Å². The van der Waals surface area contributed by atoms with E-state index in [2.05, 4.69) is 9.97 Å². The molecule has 6 rings (SSSR count). The van der Waals surface area contributed by atoms with Crippen molar-refractivity contribution in [1.82, 2.24) is 19.8 Å². The van der Waals surface area contributed by atoms with Gasteiger partial charge >= 0.3 is 0 Å². The zero-order valence-corrected chi connectivity index (χ0v) is 21.8. The highest BCUT2D eigenvalue weighted by Crippen LogP contribution is 2.44. The van der Waals surface area contributed by atoms with Gasteiger partial charge in [-0.2, -0.15) is 0 Å². The molecule has 0 bridgehead atoms. The number of pyridine rings is 2. The monoisotopic (exact) mass is 541 g/mol. The van der Waals surface area contributed by atoms with Gasteiger partial charge in [-0.3, -0.25) is 9.59 Å². The van der Waals surface area contributed by atoms with Gasteiger partial charge in [0.2, 0.25) is 5.88 Å².